The van der Waals surface area contributed by atoms with E-state index in [1.165, 1.54) is 12.1 Å². The van der Waals surface area contributed by atoms with Crippen LogP contribution >= 0.6 is 0 Å². The van der Waals surface area contributed by atoms with Crippen LogP contribution in [0.3, 0.4) is 0 Å². The fourth-order valence-electron chi connectivity index (χ4n) is 6.93. The number of alkyl halides is 3. The van der Waals surface area contributed by atoms with E-state index in [4.69, 9.17) is 9.29 Å². The van der Waals surface area contributed by atoms with Crippen molar-refractivity contribution in [1.82, 2.24) is 0 Å². The average Bonchev–Trinajstić information content (AvgIpc) is 2.74. The predicted molar refractivity (Wildman–Crippen MR) is 119 cm³/mol. The second kappa shape index (κ2) is 8.30. The number of carbonyl (C=O) groups excluding carboxylic acids is 3. The maximum absolute atomic E-state index is 13.6. The van der Waals surface area contributed by atoms with Crippen LogP contribution in [0.2, 0.25) is 0 Å². The Hall–Kier alpha value is -2.41. The summed E-state index contributed by atoms with van der Waals surface area (Å²) in [6.07, 6.45) is -5.43. The summed E-state index contributed by atoms with van der Waals surface area (Å²) in [6.45, 7) is 0. The molecule has 36 heavy (non-hydrogen) atoms. The third kappa shape index (κ3) is 4.04. The van der Waals surface area contributed by atoms with Gasteiger partial charge >= 0.3 is 18.1 Å². The number of ketones is 1. The number of Topliss-reactive ketones (excluding diaryl/α,β-unsaturated/α-hetero) is 1. The molecule has 0 aliphatic heterocycles. The molecule has 6 aliphatic rings. The summed E-state index contributed by atoms with van der Waals surface area (Å²) in [4.78, 5) is 39.0. The van der Waals surface area contributed by atoms with Crippen LogP contribution in [0.25, 0.3) is 0 Å². The molecule has 0 radical (unpaired) electrons. The lowest BCUT2D eigenvalue weighted by Gasteiger charge is -2.69. The van der Waals surface area contributed by atoms with Gasteiger partial charge in [-0.2, -0.15) is 21.6 Å². The molecule has 0 heterocycles. The smallest absolute Gasteiger partial charge is 0.426 e. The first-order valence-electron chi connectivity index (χ1n) is 11.9. The van der Waals surface area contributed by atoms with Gasteiger partial charge in [0.25, 0.3) is 10.1 Å². The van der Waals surface area contributed by atoms with Crippen molar-refractivity contribution in [3.8, 4) is 5.75 Å². The molecule has 0 saturated heterocycles. The quantitative estimate of drug-likeness (QED) is 0.247. The molecule has 8 nitrogen and oxygen atoms in total. The van der Waals surface area contributed by atoms with E-state index in [0.717, 1.165) is 18.9 Å². The molecule has 0 aromatic heterocycles. The van der Waals surface area contributed by atoms with Crippen molar-refractivity contribution in [2.75, 3.05) is 5.75 Å². The van der Waals surface area contributed by atoms with E-state index in [9.17, 15) is 36.0 Å². The molecule has 6 fully saturated rings. The van der Waals surface area contributed by atoms with Crippen molar-refractivity contribution in [1.29, 1.82) is 0 Å². The lowest BCUT2D eigenvalue weighted by atomic mass is 9.33. The lowest BCUT2D eigenvalue weighted by Crippen LogP contribution is -2.70. The fourth-order valence-corrected chi connectivity index (χ4v) is 7.57. The first kappa shape index (κ1) is 25.3. The largest absolute Gasteiger partial charge is 0.448 e. The number of esters is 2. The Kier molecular flexibility index (Phi) is 5.83. The van der Waals surface area contributed by atoms with E-state index in [-0.39, 0.29) is 35.2 Å². The molecule has 0 amide bonds. The Morgan fingerprint density at radius 2 is 1.94 bits per heavy atom. The van der Waals surface area contributed by atoms with Crippen molar-refractivity contribution >= 4 is 35.7 Å². The normalized spacial score (nSPS) is 33.1. The van der Waals surface area contributed by atoms with Crippen molar-refractivity contribution in [3.05, 3.63) is 29.3 Å². The monoisotopic (exact) mass is 528 g/mol. The van der Waals surface area contributed by atoms with Crippen LogP contribution in [-0.4, -0.2) is 56.6 Å². The molecule has 194 valence electrons. The van der Waals surface area contributed by atoms with Gasteiger partial charge in [-0.25, -0.2) is 4.79 Å². The highest BCUT2D eigenvalue weighted by atomic mass is 32.2. The summed E-state index contributed by atoms with van der Waals surface area (Å²) < 4.78 is 80.9. The minimum absolute atomic E-state index is 0.135. The highest BCUT2D eigenvalue weighted by Crippen LogP contribution is 2.72. The van der Waals surface area contributed by atoms with Crippen LogP contribution in [0.5, 0.6) is 5.75 Å². The SMILES string of the molecule is BCc1ccc(C(=O)OC(CS(=O)(=O)O)C(F)(F)F)c(OC(=O)C23CC4CC(C2)C2CC3C2C4=O)c1. The highest BCUT2D eigenvalue weighted by molar-refractivity contribution is 7.85. The molecule has 6 aliphatic carbocycles. The molecule has 1 aromatic rings. The number of halogens is 3. The minimum atomic E-state index is -5.27. The molecule has 6 saturated carbocycles. The Balaban J connectivity index is 1.42. The number of carbonyl (C=O) groups is 3. The van der Waals surface area contributed by atoms with Crippen molar-refractivity contribution in [3.63, 3.8) is 0 Å². The lowest BCUT2D eigenvalue weighted by molar-refractivity contribution is -0.221. The third-order valence-electron chi connectivity index (χ3n) is 8.55. The van der Waals surface area contributed by atoms with Crippen LogP contribution in [0, 0.1) is 35.0 Å². The van der Waals surface area contributed by atoms with Crippen molar-refractivity contribution in [2.24, 2.45) is 35.0 Å². The summed E-state index contributed by atoms with van der Waals surface area (Å²) in [5.74, 6) is -4.02. The van der Waals surface area contributed by atoms with Crippen LogP contribution in [0.4, 0.5) is 13.2 Å². The van der Waals surface area contributed by atoms with E-state index in [1.807, 2.05) is 0 Å². The molecule has 0 spiro atoms. The van der Waals surface area contributed by atoms with Gasteiger partial charge in [0, 0.05) is 11.8 Å². The van der Waals surface area contributed by atoms with Gasteiger partial charge < -0.3 is 9.47 Å². The van der Waals surface area contributed by atoms with Gasteiger partial charge in [0.1, 0.15) is 30.7 Å². The molecule has 6 bridgehead atoms. The Morgan fingerprint density at radius 3 is 2.58 bits per heavy atom. The van der Waals surface area contributed by atoms with Gasteiger partial charge in [0.05, 0.1) is 5.41 Å². The molecule has 7 rings (SSSR count). The van der Waals surface area contributed by atoms with Gasteiger partial charge in [-0.15, -0.1) is 0 Å². The molecule has 13 heteroatoms. The fraction of sp³-hybridized carbons (Fsp3) is 0.609. The Bertz CT molecular complexity index is 1250. The topological polar surface area (TPSA) is 124 Å². The summed E-state index contributed by atoms with van der Waals surface area (Å²) in [5.41, 5.74) is -0.703. The van der Waals surface area contributed by atoms with Crippen LogP contribution in [0.15, 0.2) is 18.2 Å². The van der Waals surface area contributed by atoms with Crippen LogP contribution < -0.4 is 4.74 Å². The van der Waals surface area contributed by atoms with Crippen LogP contribution in [-0.2, 0) is 30.8 Å². The van der Waals surface area contributed by atoms with E-state index in [2.05, 4.69) is 4.74 Å². The molecular weight excluding hydrogens is 504 g/mol. The van der Waals surface area contributed by atoms with Gasteiger partial charge in [-0.3, -0.25) is 14.1 Å². The first-order valence-corrected chi connectivity index (χ1v) is 13.5. The molecular formula is C23H24BF3O8S. The zero-order valence-corrected chi connectivity index (χ0v) is 20.1. The Labute approximate surface area is 206 Å². The van der Waals surface area contributed by atoms with Crippen LogP contribution in [0.1, 0.15) is 41.6 Å². The maximum atomic E-state index is 13.6. The number of ether oxygens (including phenoxy) is 2. The molecule has 1 N–H and O–H groups in total. The number of benzene rings is 1. The maximum Gasteiger partial charge on any atom is 0.426 e. The second-order valence-corrected chi connectivity index (χ2v) is 11.9. The minimum Gasteiger partial charge on any atom is -0.448 e. The van der Waals surface area contributed by atoms with Gasteiger partial charge in [0.15, 0.2) is 0 Å². The van der Waals surface area contributed by atoms with Gasteiger partial charge in [-0.1, -0.05) is 17.9 Å². The Morgan fingerprint density at radius 1 is 1.22 bits per heavy atom. The summed E-state index contributed by atoms with van der Waals surface area (Å²) in [5, 5.41) is 0. The average molecular weight is 528 g/mol. The van der Waals surface area contributed by atoms with Crippen molar-refractivity contribution in [2.45, 2.75) is 44.3 Å². The zero-order chi connectivity index (χ0) is 26.2. The van der Waals surface area contributed by atoms with Crippen molar-refractivity contribution < 1.29 is 50.0 Å². The number of hydrogen-bond donors (Lipinski definition) is 1. The zero-order valence-electron chi connectivity index (χ0n) is 19.3. The van der Waals surface area contributed by atoms with E-state index < -0.39 is 51.1 Å². The molecule has 1 aromatic carbocycles. The number of rotatable bonds is 7. The second-order valence-electron chi connectivity index (χ2n) is 10.4. The first-order chi connectivity index (χ1) is 16.7. The predicted octanol–water partition coefficient (Wildman–Crippen LogP) is 1.95. The molecule has 7 unspecified atom stereocenters. The third-order valence-corrected chi connectivity index (χ3v) is 9.28. The highest BCUT2D eigenvalue weighted by Gasteiger charge is 2.73. The van der Waals surface area contributed by atoms with E-state index in [0.29, 0.717) is 30.6 Å². The summed E-state index contributed by atoms with van der Waals surface area (Å²) in [7, 11) is -3.32. The summed E-state index contributed by atoms with van der Waals surface area (Å²) in [6, 6.07) is 3.99. The van der Waals surface area contributed by atoms with E-state index in [1.54, 1.807) is 7.85 Å². The van der Waals surface area contributed by atoms with Gasteiger partial charge in [-0.05, 0) is 55.6 Å². The summed E-state index contributed by atoms with van der Waals surface area (Å²) >= 11 is 0. The molecule has 7 atom stereocenters. The van der Waals surface area contributed by atoms with Gasteiger partial charge in [0.2, 0.25) is 6.10 Å². The van der Waals surface area contributed by atoms with E-state index >= 15 is 0 Å². The number of hydrogen-bond acceptors (Lipinski definition) is 7. The standard InChI is InChI=1S/C23H24BF3O8S/c24-8-10-1-2-13(20(29)35-17(23(25,26)27)9-36(31,32)33)16(3-10)34-21(30)22-6-11-4-12(7-22)19(28)18-14(11)5-15(18)22/h1-3,11-12,14-15,17-18H,4-9,24H2,(H,31,32,33).